The average molecular weight is 394 g/mol. The molecule has 0 radical (unpaired) electrons. The van der Waals surface area contributed by atoms with Crippen LogP contribution >= 0.6 is 0 Å². The summed E-state index contributed by atoms with van der Waals surface area (Å²) < 4.78 is 10.8. The summed E-state index contributed by atoms with van der Waals surface area (Å²) in [5.41, 5.74) is -2.10. The third-order valence-electron chi connectivity index (χ3n) is 5.78. The number of esters is 1. The summed E-state index contributed by atoms with van der Waals surface area (Å²) in [6.07, 6.45) is 4.86. The van der Waals surface area contributed by atoms with Crippen LogP contribution in [0.25, 0.3) is 16.7 Å². The summed E-state index contributed by atoms with van der Waals surface area (Å²) in [5, 5.41) is 24.6. The third kappa shape index (κ3) is 3.10. The van der Waals surface area contributed by atoms with E-state index >= 15 is 0 Å². The van der Waals surface area contributed by atoms with Crippen molar-refractivity contribution in [1.29, 1.82) is 5.26 Å². The van der Waals surface area contributed by atoms with E-state index in [1.165, 1.54) is 6.42 Å². The number of benzene rings is 1. The molecule has 1 heterocycles. The molecule has 2 N–H and O–H groups in total. The molecular formula is C22H22N2O5. The highest BCUT2D eigenvalue weighted by Gasteiger charge is 2.49. The van der Waals surface area contributed by atoms with Gasteiger partial charge in [-0.2, -0.15) is 5.26 Å². The Labute approximate surface area is 167 Å². The molecule has 2 aromatic rings. The van der Waals surface area contributed by atoms with Gasteiger partial charge < -0.3 is 19.6 Å². The number of rotatable bonds is 3. The maximum absolute atomic E-state index is 13.3. The predicted octanol–water partition coefficient (Wildman–Crippen LogP) is 2.71. The second-order valence-corrected chi connectivity index (χ2v) is 7.60. The molecule has 1 fully saturated rings. The first-order valence-corrected chi connectivity index (χ1v) is 9.77. The van der Waals surface area contributed by atoms with Crippen LogP contribution in [0.1, 0.15) is 49.8 Å². The number of carbonyl (C=O) groups is 1. The van der Waals surface area contributed by atoms with Crippen molar-refractivity contribution in [3.63, 3.8) is 0 Å². The van der Waals surface area contributed by atoms with E-state index in [1.54, 1.807) is 24.3 Å². The van der Waals surface area contributed by atoms with Crippen LogP contribution in [0.4, 0.5) is 0 Å². The summed E-state index contributed by atoms with van der Waals surface area (Å²) >= 11 is 0. The summed E-state index contributed by atoms with van der Waals surface area (Å²) in [7, 11) is 1.13. The zero-order chi connectivity index (χ0) is 20.6. The maximum Gasteiger partial charge on any atom is 0.343 e. The molecule has 29 heavy (non-hydrogen) atoms. The molecule has 0 saturated heterocycles. The van der Waals surface area contributed by atoms with E-state index in [0.29, 0.717) is 11.3 Å². The second kappa shape index (κ2) is 7.37. The first kappa shape index (κ1) is 19.2. The standard InChI is InChI=1S/C22H22N2O5/c1-28-21(26)22(27)11-13(12-23)18(24-14-7-3-2-4-8-14)20-17(22)19(25)15-9-5-6-10-16(15)29-20/h5-6,9-10,14,24,27H,2-4,7-8,11H2,1H3. The van der Waals surface area contributed by atoms with Crippen LogP contribution in [0.3, 0.4) is 0 Å². The molecule has 2 aliphatic carbocycles. The lowest BCUT2D eigenvalue weighted by molar-refractivity contribution is -0.163. The topological polar surface area (TPSA) is 113 Å². The van der Waals surface area contributed by atoms with Gasteiger partial charge in [0.15, 0.2) is 16.8 Å². The molecular weight excluding hydrogens is 372 g/mol. The van der Waals surface area contributed by atoms with Gasteiger partial charge in [0.2, 0.25) is 0 Å². The van der Waals surface area contributed by atoms with E-state index in [4.69, 9.17) is 9.15 Å². The monoisotopic (exact) mass is 394 g/mol. The number of ether oxygens (including phenoxy) is 1. The number of hydrogen-bond acceptors (Lipinski definition) is 7. The number of nitriles is 1. The molecule has 150 valence electrons. The molecule has 1 aromatic heterocycles. The van der Waals surface area contributed by atoms with Gasteiger partial charge in [0.25, 0.3) is 0 Å². The molecule has 0 amide bonds. The lowest BCUT2D eigenvalue weighted by Gasteiger charge is -2.33. The van der Waals surface area contributed by atoms with Crippen LogP contribution in [0.15, 0.2) is 39.1 Å². The van der Waals surface area contributed by atoms with Crippen molar-refractivity contribution in [3.05, 3.63) is 51.4 Å². The Bertz CT molecular complexity index is 1100. The maximum atomic E-state index is 13.3. The fourth-order valence-electron chi connectivity index (χ4n) is 4.31. The quantitative estimate of drug-likeness (QED) is 0.770. The smallest absolute Gasteiger partial charge is 0.343 e. The summed E-state index contributed by atoms with van der Waals surface area (Å²) in [6.45, 7) is 0. The van der Waals surface area contributed by atoms with E-state index in [2.05, 4.69) is 11.4 Å². The van der Waals surface area contributed by atoms with Crippen molar-refractivity contribution in [3.8, 4) is 6.07 Å². The number of hydrogen-bond donors (Lipinski definition) is 2. The van der Waals surface area contributed by atoms with Gasteiger partial charge in [-0.15, -0.1) is 0 Å². The van der Waals surface area contributed by atoms with Gasteiger partial charge >= 0.3 is 5.97 Å². The zero-order valence-electron chi connectivity index (χ0n) is 16.2. The Morgan fingerprint density at radius 1 is 1.31 bits per heavy atom. The largest absolute Gasteiger partial charge is 0.467 e. The van der Waals surface area contributed by atoms with Gasteiger partial charge in [-0.3, -0.25) is 4.79 Å². The molecule has 7 nitrogen and oxygen atoms in total. The van der Waals surface area contributed by atoms with Crippen LogP contribution in [0.2, 0.25) is 0 Å². The second-order valence-electron chi connectivity index (χ2n) is 7.60. The first-order valence-electron chi connectivity index (χ1n) is 9.77. The Morgan fingerprint density at radius 2 is 2.03 bits per heavy atom. The van der Waals surface area contributed by atoms with Gasteiger partial charge in [-0.25, -0.2) is 4.79 Å². The SMILES string of the molecule is COC(=O)C1(O)CC(C#N)=C(NC2CCCCC2)c2oc3ccccc3c(=O)c21. The molecule has 7 heteroatoms. The highest BCUT2D eigenvalue weighted by Crippen LogP contribution is 2.41. The van der Waals surface area contributed by atoms with Crippen molar-refractivity contribution >= 4 is 22.6 Å². The van der Waals surface area contributed by atoms with E-state index in [-0.39, 0.29) is 34.7 Å². The molecule has 0 aliphatic heterocycles. The van der Waals surface area contributed by atoms with Gasteiger partial charge in [0.05, 0.1) is 35.4 Å². The molecule has 4 rings (SSSR count). The molecule has 0 spiro atoms. The lowest BCUT2D eigenvalue weighted by atomic mass is 9.79. The van der Waals surface area contributed by atoms with Crippen LogP contribution in [-0.4, -0.2) is 24.2 Å². The van der Waals surface area contributed by atoms with E-state index in [9.17, 15) is 20.0 Å². The normalized spacial score (nSPS) is 22.1. The molecule has 0 bridgehead atoms. The van der Waals surface area contributed by atoms with E-state index in [1.807, 2.05) is 0 Å². The van der Waals surface area contributed by atoms with Crippen LogP contribution in [-0.2, 0) is 15.1 Å². The summed E-state index contributed by atoms with van der Waals surface area (Å²) in [4.78, 5) is 25.8. The van der Waals surface area contributed by atoms with Gasteiger partial charge in [0, 0.05) is 12.5 Å². The minimum Gasteiger partial charge on any atom is -0.467 e. The number of carbonyl (C=O) groups excluding carboxylic acids is 1. The Morgan fingerprint density at radius 3 is 2.72 bits per heavy atom. The number of nitrogens with one attached hydrogen (secondary N) is 1. The Hall–Kier alpha value is -3.11. The number of aliphatic hydroxyl groups is 1. The van der Waals surface area contributed by atoms with E-state index < -0.39 is 17.0 Å². The van der Waals surface area contributed by atoms with Crippen molar-refractivity contribution in [2.75, 3.05) is 7.11 Å². The first-order chi connectivity index (χ1) is 14.0. The van der Waals surface area contributed by atoms with Crippen LogP contribution in [0, 0.1) is 11.3 Å². The lowest BCUT2D eigenvalue weighted by Crippen LogP contribution is -2.45. The van der Waals surface area contributed by atoms with Crippen LogP contribution < -0.4 is 10.7 Å². The van der Waals surface area contributed by atoms with Crippen molar-refractivity contribution in [1.82, 2.24) is 5.32 Å². The molecule has 1 aromatic carbocycles. The third-order valence-corrected chi connectivity index (χ3v) is 5.78. The van der Waals surface area contributed by atoms with E-state index in [0.717, 1.165) is 32.8 Å². The van der Waals surface area contributed by atoms with Gasteiger partial charge in [-0.05, 0) is 25.0 Å². The summed E-state index contributed by atoms with van der Waals surface area (Å²) in [6, 6.07) is 8.85. The minimum atomic E-state index is -2.28. The Kier molecular flexibility index (Phi) is 4.89. The van der Waals surface area contributed by atoms with Crippen molar-refractivity contribution in [2.45, 2.75) is 50.2 Å². The molecule has 2 aliphatic rings. The molecule has 1 atom stereocenters. The highest BCUT2D eigenvalue weighted by atomic mass is 16.5. The predicted molar refractivity (Wildman–Crippen MR) is 106 cm³/mol. The molecule has 1 saturated carbocycles. The fourth-order valence-corrected chi connectivity index (χ4v) is 4.31. The highest BCUT2D eigenvalue weighted by molar-refractivity contribution is 5.90. The zero-order valence-corrected chi connectivity index (χ0v) is 16.2. The number of fused-ring (bicyclic) bond motifs is 2. The van der Waals surface area contributed by atoms with Crippen LogP contribution in [0.5, 0.6) is 0 Å². The number of nitrogens with zero attached hydrogens (tertiary/aromatic N) is 1. The number of para-hydroxylation sites is 1. The van der Waals surface area contributed by atoms with Crippen molar-refractivity contribution < 1.29 is 19.1 Å². The fraction of sp³-hybridized carbons (Fsp3) is 0.409. The molecule has 1 unspecified atom stereocenters. The summed E-state index contributed by atoms with van der Waals surface area (Å²) in [5.74, 6) is -0.958. The van der Waals surface area contributed by atoms with Gasteiger partial charge in [-0.1, -0.05) is 31.4 Å². The average Bonchev–Trinajstić information content (AvgIpc) is 2.75. The minimum absolute atomic E-state index is 0.0370. The Balaban J connectivity index is 1.98. The van der Waals surface area contributed by atoms with Crippen molar-refractivity contribution in [2.24, 2.45) is 0 Å². The van der Waals surface area contributed by atoms with Gasteiger partial charge in [0.1, 0.15) is 5.58 Å². The number of methoxy groups -OCH3 is 1.